The smallest absolute Gasteiger partial charge is 0.396 e. The molecule has 0 bridgehead atoms. The maximum Gasteiger partial charge on any atom is 0.396 e. The fourth-order valence-electron chi connectivity index (χ4n) is 3.42. The van der Waals surface area contributed by atoms with Crippen molar-refractivity contribution in [2.24, 2.45) is 5.92 Å². The van der Waals surface area contributed by atoms with Crippen molar-refractivity contribution in [1.29, 1.82) is 0 Å². The largest absolute Gasteiger partial charge is 0.743 e. The highest BCUT2D eigenvalue weighted by Gasteiger charge is 2.61. The highest BCUT2D eigenvalue weighted by Crippen LogP contribution is 2.43. The molecule has 1 saturated carbocycles. The molecular weight excluding hydrogens is 579 g/mol. The van der Waals surface area contributed by atoms with Gasteiger partial charge in [0.15, 0.2) is 10.1 Å². The van der Waals surface area contributed by atoms with Gasteiger partial charge >= 0.3 is 23.1 Å². The minimum absolute atomic E-state index is 0.104. The van der Waals surface area contributed by atoms with Gasteiger partial charge in [0.05, 0.1) is 18.9 Å². The van der Waals surface area contributed by atoms with Crippen molar-refractivity contribution >= 4 is 44.6 Å². The third kappa shape index (κ3) is 4.81. The second kappa shape index (κ2) is 8.59. The molecule has 178 valence electrons. The number of hydrogen-bond acceptors (Lipinski definition) is 8. The first-order valence-electron chi connectivity index (χ1n) is 9.27. The summed E-state index contributed by atoms with van der Waals surface area (Å²) in [5.41, 5.74) is 0.266. The van der Waals surface area contributed by atoms with Crippen molar-refractivity contribution in [2.45, 2.75) is 49.1 Å². The molecule has 1 aromatic rings. The lowest BCUT2D eigenvalue weighted by Crippen LogP contribution is -2.48. The fourth-order valence-corrected chi connectivity index (χ4v) is 4.38. The van der Waals surface area contributed by atoms with Crippen LogP contribution in [0.5, 0.6) is 5.75 Å². The number of rotatable bonds is 6. The van der Waals surface area contributed by atoms with Crippen LogP contribution >= 0.6 is 22.6 Å². The van der Waals surface area contributed by atoms with E-state index in [1.807, 2.05) is 22.6 Å². The van der Waals surface area contributed by atoms with Gasteiger partial charge in [-0.15, -0.1) is 0 Å². The van der Waals surface area contributed by atoms with Gasteiger partial charge in [-0.25, -0.2) is 13.2 Å². The number of ether oxygens (including phenoxy) is 3. The molecule has 0 aromatic heterocycles. The van der Waals surface area contributed by atoms with Crippen molar-refractivity contribution in [3.05, 3.63) is 27.3 Å². The Morgan fingerprint density at radius 2 is 1.84 bits per heavy atom. The number of fused-ring (bicyclic) bond motifs is 1. The van der Waals surface area contributed by atoms with Crippen LogP contribution in [-0.2, 0) is 24.4 Å². The molecule has 0 unspecified atom stereocenters. The van der Waals surface area contributed by atoms with Gasteiger partial charge in [-0.2, -0.15) is 17.6 Å². The van der Waals surface area contributed by atoms with Gasteiger partial charge in [0.1, 0.15) is 11.3 Å². The standard InChI is InChI=1S/C18H17F4IO8S/c19-17(20,18(21,22)32(26,27)28)7-8-29-14(24)10-3-5-16(6-4-10)30-13-2-1-11(23)9-12(13)15(25)31-16/h1-2,9-10H,3-8H2,(H,26,27,28)/p-1. The maximum absolute atomic E-state index is 13.4. The van der Waals surface area contributed by atoms with E-state index >= 15 is 0 Å². The lowest BCUT2D eigenvalue weighted by molar-refractivity contribution is -0.187. The summed E-state index contributed by atoms with van der Waals surface area (Å²) < 4.78 is 101. The topological polar surface area (TPSA) is 119 Å². The molecule has 14 heteroatoms. The second-order valence-corrected chi connectivity index (χ2v) is 10.1. The Kier molecular flexibility index (Phi) is 6.70. The molecular formula is C18H16F4IO8S-. The van der Waals surface area contributed by atoms with Crippen LogP contribution < -0.4 is 4.74 Å². The minimum Gasteiger partial charge on any atom is -0.743 e. The second-order valence-electron chi connectivity index (χ2n) is 7.41. The zero-order valence-corrected chi connectivity index (χ0v) is 19.1. The summed E-state index contributed by atoms with van der Waals surface area (Å²) in [6.07, 6.45) is -1.43. The summed E-state index contributed by atoms with van der Waals surface area (Å²) >= 11 is 2.03. The van der Waals surface area contributed by atoms with Crippen LogP contribution in [0.3, 0.4) is 0 Å². The van der Waals surface area contributed by atoms with E-state index in [2.05, 4.69) is 4.74 Å². The van der Waals surface area contributed by atoms with Gasteiger partial charge in [0, 0.05) is 16.4 Å². The average molecular weight is 595 g/mol. The van der Waals surface area contributed by atoms with Crippen LogP contribution in [0.1, 0.15) is 42.5 Å². The first-order valence-corrected chi connectivity index (χ1v) is 11.8. The number of carbonyl (C=O) groups excluding carboxylic acids is 2. The number of halogens is 5. The molecule has 8 nitrogen and oxygen atoms in total. The van der Waals surface area contributed by atoms with E-state index in [9.17, 15) is 40.1 Å². The zero-order valence-electron chi connectivity index (χ0n) is 16.1. The predicted molar refractivity (Wildman–Crippen MR) is 105 cm³/mol. The van der Waals surface area contributed by atoms with Gasteiger partial charge in [0.2, 0.25) is 0 Å². The third-order valence-electron chi connectivity index (χ3n) is 5.22. The zero-order chi connectivity index (χ0) is 23.9. The SMILES string of the molecule is O=C1OC2(CCC(C(=O)OCCC(F)(F)C(F)(F)S(=O)(=O)[O-])CC2)Oc2ccc(I)cc21. The molecule has 2 aliphatic rings. The van der Waals surface area contributed by atoms with Gasteiger partial charge in [0.25, 0.3) is 5.79 Å². The molecule has 1 aliphatic heterocycles. The Hall–Kier alpha value is -1.68. The number of benzene rings is 1. The summed E-state index contributed by atoms with van der Waals surface area (Å²) in [6, 6.07) is 4.97. The van der Waals surface area contributed by atoms with Crippen molar-refractivity contribution < 1.29 is 54.3 Å². The van der Waals surface area contributed by atoms with Crippen molar-refractivity contribution in [2.75, 3.05) is 6.61 Å². The van der Waals surface area contributed by atoms with Gasteiger partial charge in [-0.1, -0.05) is 0 Å². The third-order valence-corrected chi connectivity index (χ3v) is 6.81. The molecule has 0 atom stereocenters. The van der Waals surface area contributed by atoms with Crippen LogP contribution in [0.25, 0.3) is 0 Å². The highest BCUT2D eigenvalue weighted by atomic mass is 127. The summed E-state index contributed by atoms with van der Waals surface area (Å²) in [6.45, 7) is -1.21. The van der Waals surface area contributed by atoms with Crippen LogP contribution in [0.15, 0.2) is 18.2 Å². The van der Waals surface area contributed by atoms with Gasteiger partial charge < -0.3 is 18.8 Å². The molecule has 32 heavy (non-hydrogen) atoms. The summed E-state index contributed by atoms with van der Waals surface area (Å²) in [5, 5.41) is -5.83. The highest BCUT2D eigenvalue weighted by molar-refractivity contribution is 14.1. The monoisotopic (exact) mass is 595 g/mol. The minimum atomic E-state index is -6.60. The predicted octanol–water partition coefficient (Wildman–Crippen LogP) is 3.43. The number of carbonyl (C=O) groups is 2. The lowest BCUT2D eigenvalue weighted by atomic mass is 9.84. The molecule has 0 radical (unpaired) electrons. The summed E-state index contributed by atoms with van der Waals surface area (Å²) in [4.78, 5) is 24.4. The van der Waals surface area contributed by atoms with E-state index in [1.54, 1.807) is 18.2 Å². The Morgan fingerprint density at radius 1 is 1.22 bits per heavy atom. The first-order chi connectivity index (χ1) is 14.7. The molecule has 3 rings (SSSR count). The van der Waals surface area contributed by atoms with Gasteiger partial charge in [-0.05, 0) is 53.6 Å². The Morgan fingerprint density at radius 3 is 2.44 bits per heavy atom. The van der Waals surface area contributed by atoms with E-state index in [4.69, 9.17) is 9.47 Å². The molecule has 0 saturated heterocycles. The summed E-state index contributed by atoms with van der Waals surface area (Å²) in [7, 11) is -6.60. The quantitative estimate of drug-likeness (QED) is 0.213. The van der Waals surface area contributed by atoms with Crippen LogP contribution in [0.2, 0.25) is 0 Å². The van der Waals surface area contributed by atoms with Crippen LogP contribution in [-0.4, -0.2) is 48.5 Å². The van der Waals surface area contributed by atoms with Crippen LogP contribution in [0.4, 0.5) is 17.6 Å². The fraction of sp³-hybridized carbons (Fsp3) is 0.556. The lowest BCUT2D eigenvalue weighted by Gasteiger charge is -2.41. The molecule has 0 amide bonds. The molecule has 1 aliphatic carbocycles. The molecule has 0 N–H and O–H groups in total. The number of alkyl halides is 4. The van der Waals surface area contributed by atoms with E-state index in [0.29, 0.717) is 5.75 Å². The van der Waals surface area contributed by atoms with E-state index in [-0.39, 0.29) is 31.2 Å². The molecule has 1 aromatic carbocycles. The van der Waals surface area contributed by atoms with E-state index in [0.717, 1.165) is 3.57 Å². The van der Waals surface area contributed by atoms with E-state index < -0.39 is 58.0 Å². The van der Waals surface area contributed by atoms with Crippen molar-refractivity contribution in [3.8, 4) is 5.75 Å². The van der Waals surface area contributed by atoms with E-state index in [1.165, 1.54) is 0 Å². The molecule has 1 spiro atoms. The Bertz CT molecular complexity index is 1020. The first kappa shape index (κ1) is 25.0. The Balaban J connectivity index is 1.54. The normalized spacial score (nSPS) is 23.8. The van der Waals surface area contributed by atoms with Gasteiger partial charge in [-0.3, -0.25) is 4.79 Å². The number of esters is 2. The Labute approximate surface area is 193 Å². The van der Waals surface area contributed by atoms with Crippen molar-refractivity contribution in [3.63, 3.8) is 0 Å². The van der Waals surface area contributed by atoms with Crippen LogP contribution in [0, 0.1) is 9.49 Å². The summed E-state index contributed by atoms with van der Waals surface area (Å²) in [5.74, 6) is -8.49. The number of hydrogen-bond donors (Lipinski definition) is 0. The maximum atomic E-state index is 13.4. The van der Waals surface area contributed by atoms with Crippen molar-refractivity contribution in [1.82, 2.24) is 0 Å². The molecule has 1 fully saturated rings. The molecule has 1 heterocycles. The average Bonchev–Trinajstić information content (AvgIpc) is 2.68.